The van der Waals surface area contributed by atoms with Crippen molar-refractivity contribution in [3.63, 3.8) is 0 Å². The minimum absolute atomic E-state index is 0.0555. The van der Waals surface area contributed by atoms with Gasteiger partial charge in [-0.2, -0.15) is 0 Å². The number of aromatic nitrogens is 1. The highest BCUT2D eigenvalue weighted by atomic mass is 16.4. The van der Waals surface area contributed by atoms with Crippen LogP contribution in [0, 0.1) is 0 Å². The molecule has 0 aliphatic heterocycles. The van der Waals surface area contributed by atoms with E-state index in [2.05, 4.69) is 10.3 Å². The second kappa shape index (κ2) is 8.32. The molecule has 1 aromatic carbocycles. The maximum absolute atomic E-state index is 12.1. The molecular weight excluding hydrogens is 341 g/mol. The van der Waals surface area contributed by atoms with Gasteiger partial charge in [-0.05, 0) is 24.1 Å². The highest BCUT2D eigenvalue weighted by molar-refractivity contribution is 6.43. The molecule has 2 rings (SSSR count). The Morgan fingerprint density at radius 1 is 1.27 bits per heavy atom. The molecule has 0 fully saturated rings. The Bertz CT molecular complexity index is 814. The van der Waals surface area contributed by atoms with Gasteiger partial charge in [0, 0.05) is 24.8 Å². The molecule has 9 nitrogen and oxygen atoms in total. The fraction of sp³-hybridized carbons (Fsp3) is 0.188. The summed E-state index contributed by atoms with van der Waals surface area (Å²) in [5.74, 6) is -3.12. The number of amides is 1. The number of nitrogens with two attached hydrogens (primary N) is 1. The van der Waals surface area contributed by atoms with Crippen molar-refractivity contribution in [1.82, 2.24) is 10.3 Å². The van der Waals surface area contributed by atoms with Crippen LogP contribution in [0.4, 0.5) is 5.69 Å². The molecule has 0 unspecified atom stereocenters. The number of hydrogen-bond acceptors (Lipinski definition) is 7. The lowest BCUT2D eigenvalue weighted by Gasteiger charge is -2.18. The number of carbonyl (C=O) groups excluding carboxylic acids is 1. The molecule has 7 N–H and O–H groups in total. The van der Waals surface area contributed by atoms with E-state index in [4.69, 9.17) is 10.8 Å². The Hall–Kier alpha value is -3.11. The van der Waals surface area contributed by atoms with Gasteiger partial charge in [0.2, 0.25) is 0 Å². The normalized spacial score (nSPS) is 11.6. The number of phenols is 1. The van der Waals surface area contributed by atoms with E-state index in [1.165, 1.54) is 36.7 Å². The maximum atomic E-state index is 12.1. The SMILES string of the molecule is Nc1cncc(C(=O)NC[C@@H](Cc2cccc(C(=O)O)c2O)B(O)O)c1. The van der Waals surface area contributed by atoms with Crippen LogP contribution in [-0.4, -0.2) is 50.8 Å². The van der Waals surface area contributed by atoms with E-state index < -0.39 is 30.6 Å². The molecule has 0 aliphatic carbocycles. The summed E-state index contributed by atoms with van der Waals surface area (Å²) in [6.07, 6.45) is 2.65. The van der Waals surface area contributed by atoms with E-state index in [-0.39, 0.29) is 29.7 Å². The number of nitrogens with one attached hydrogen (secondary N) is 1. The van der Waals surface area contributed by atoms with Crippen LogP contribution in [0.5, 0.6) is 5.75 Å². The third-order valence-electron chi connectivity index (χ3n) is 3.80. The fourth-order valence-electron chi connectivity index (χ4n) is 2.40. The molecule has 2 aromatic rings. The van der Waals surface area contributed by atoms with E-state index in [0.717, 1.165) is 0 Å². The largest absolute Gasteiger partial charge is 0.507 e. The van der Waals surface area contributed by atoms with Gasteiger partial charge in [-0.15, -0.1) is 0 Å². The number of benzene rings is 1. The van der Waals surface area contributed by atoms with Crippen LogP contribution in [0.15, 0.2) is 36.7 Å². The predicted octanol–water partition coefficient (Wildman–Crippen LogP) is -0.117. The summed E-state index contributed by atoms with van der Waals surface area (Å²) in [6.45, 7) is -0.123. The van der Waals surface area contributed by atoms with Gasteiger partial charge in [-0.25, -0.2) is 4.79 Å². The number of nitrogens with zero attached hydrogens (tertiary/aromatic N) is 1. The summed E-state index contributed by atoms with van der Waals surface area (Å²) >= 11 is 0. The van der Waals surface area contributed by atoms with E-state index in [1.807, 2.05) is 0 Å². The number of para-hydroxylation sites is 1. The first-order valence-corrected chi connectivity index (χ1v) is 7.68. The Morgan fingerprint density at radius 2 is 2.00 bits per heavy atom. The van der Waals surface area contributed by atoms with Gasteiger partial charge in [-0.1, -0.05) is 12.1 Å². The first-order valence-electron chi connectivity index (χ1n) is 7.68. The van der Waals surface area contributed by atoms with Gasteiger partial charge in [0.25, 0.3) is 5.91 Å². The fourth-order valence-corrected chi connectivity index (χ4v) is 2.40. The van der Waals surface area contributed by atoms with Crippen LogP contribution >= 0.6 is 0 Å². The Morgan fingerprint density at radius 3 is 2.62 bits per heavy atom. The van der Waals surface area contributed by atoms with Gasteiger partial charge in [-0.3, -0.25) is 9.78 Å². The third kappa shape index (κ3) is 4.71. The monoisotopic (exact) mass is 359 g/mol. The zero-order chi connectivity index (χ0) is 19.3. The number of hydrogen-bond donors (Lipinski definition) is 6. The molecular formula is C16H18BN3O6. The summed E-state index contributed by atoms with van der Waals surface area (Å²) in [4.78, 5) is 27.0. The molecule has 1 atom stereocenters. The summed E-state index contributed by atoms with van der Waals surface area (Å²) in [5.41, 5.74) is 6.02. The van der Waals surface area contributed by atoms with Gasteiger partial charge in [0.1, 0.15) is 11.3 Å². The van der Waals surface area contributed by atoms with Gasteiger partial charge < -0.3 is 31.3 Å². The second-order valence-corrected chi connectivity index (χ2v) is 5.71. The number of anilines is 1. The van der Waals surface area contributed by atoms with Crippen molar-refractivity contribution in [3.05, 3.63) is 53.3 Å². The number of rotatable bonds is 7. The Kier molecular flexibility index (Phi) is 6.15. The maximum Gasteiger partial charge on any atom is 0.456 e. The number of nitrogen functional groups attached to an aromatic ring is 1. The molecule has 0 saturated heterocycles. The standard InChI is InChI=1S/C16H18BN3O6/c18-12-5-10(6-19-8-12)15(22)20-7-11(17(25)26)4-9-2-1-3-13(14(9)21)16(23)24/h1-3,5-6,8,11,21,25-26H,4,7,18H2,(H,20,22)(H,23,24)/t11-/m1/s1. The van der Waals surface area contributed by atoms with Crippen LogP contribution < -0.4 is 11.1 Å². The first-order chi connectivity index (χ1) is 12.3. The van der Waals surface area contributed by atoms with Crippen molar-refractivity contribution in [1.29, 1.82) is 0 Å². The number of carboxylic acid groups (broad SMARTS) is 1. The van der Waals surface area contributed by atoms with Gasteiger partial charge >= 0.3 is 13.1 Å². The Labute approximate surface area is 149 Å². The van der Waals surface area contributed by atoms with Gasteiger partial charge in [0.05, 0.1) is 11.3 Å². The van der Waals surface area contributed by atoms with Crippen LogP contribution in [-0.2, 0) is 6.42 Å². The average molecular weight is 359 g/mol. The average Bonchev–Trinajstić information content (AvgIpc) is 2.59. The Balaban J connectivity index is 2.09. The quantitative estimate of drug-likeness (QED) is 0.372. The smallest absolute Gasteiger partial charge is 0.456 e. The summed E-state index contributed by atoms with van der Waals surface area (Å²) < 4.78 is 0. The van der Waals surface area contributed by atoms with E-state index in [1.54, 1.807) is 0 Å². The van der Waals surface area contributed by atoms with E-state index in [9.17, 15) is 24.7 Å². The zero-order valence-corrected chi connectivity index (χ0v) is 13.7. The molecule has 0 radical (unpaired) electrons. The third-order valence-corrected chi connectivity index (χ3v) is 3.80. The summed E-state index contributed by atoms with van der Waals surface area (Å²) in [7, 11) is -1.79. The lowest BCUT2D eigenvalue weighted by molar-refractivity contribution is 0.0693. The molecule has 1 aromatic heterocycles. The number of carboxylic acids is 1. The van der Waals surface area contributed by atoms with Crippen molar-refractivity contribution in [2.24, 2.45) is 0 Å². The van der Waals surface area contributed by atoms with Crippen LogP contribution in [0.25, 0.3) is 0 Å². The highest BCUT2D eigenvalue weighted by Gasteiger charge is 2.26. The zero-order valence-electron chi connectivity index (χ0n) is 13.7. The summed E-state index contributed by atoms with van der Waals surface area (Å²) in [6, 6.07) is 5.58. The van der Waals surface area contributed by atoms with E-state index in [0.29, 0.717) is 5.69 Å². The van der Waals surface area contributed by atoms with Gasteiger partial charge in [0.15, 0.2) is 0 Å². The molecule has 0 saturated carbocycles. The number of carbonyl (C=O) groups is 2. The molecule has 0 aliphatic rings. The molecule has 0 bridgehead atoms. The second-order valence-electron chi connectivity index (χ2n) is 5.71. The summed E-state index contributed by atoms with van der Waals surface area (Å²) in [5, 5.41) is 40.7. The lowest BCUT2D eigenvalue weighted by atomic mass is 9.69. The lowest BCUT2D eigenvalue weighted by Crippen LogP contribution is -2.35. The van der Waals surface area contributed by atoms with Crippen LogP contribution in [0.2, 0.25) is 5.82 Å². The molecule has 1 amide bonds. The minimum Gasteiger partial charge on any atom is -0.507 e. The number of aromatic hydroxyl groups is 1. The first kappa shape index (κ1) is 19.2. The molecule has 26 heavy (non-hydrogen) atoms. The predicted molar refractivity (Wildman–Crippen MR) is 93.7 cm³/mol. The topological polar surface area (TPSA) is 166 Å². The highest BCUT2D eigenvalue weighted by Crippen LogP contribution is 2.27. The molecule has 136 valence electrons. The van der Waals surface area contributed by atoms with Crippen molar-refractivity contribution < 1.29 is 29.9 Å². The van der Waals surface area contributed by atoms with Crippen molar-refractivity contribution >= 4 is 24.7 Å². The number of aromatic carboxylic acids is 1. The molecule has 1 heterocycles. The molecule has 0 spiro atoms. The number of pyridine rings is 1. The van der Waals surface area contributed by atoms with Crippen molar-refractivity contribution in [2.45, 2.75) is 12.2 Å². The van der Waals surface area contributed by atoms with Crippen LogP contribution in [0.1, 0.15) is 26.3 Å². The minimum atomic E-state index is -1.79. The molecule has 10 heteroatoms. The van der Waals surface area contributed by atoms with Crippen molar-refractivity contribution in [2.75, 3.05) is 12.3 Å². The van der Waals surface area contributed by atoms with E-state index >= 15 is 0 Å². The van der Waals surface area contributed by atoms with Crippen molar-refractivity contribution in [3.8, 4) is 5.75 Å². The van der Waals surface area contributed by atoms with Crippen LogP contribution in [0.3, 0.4) is 0 Å².